The molecule has 0 bridgehead atoms. The summed E-state index contributed by atoms with van der Waals surface area (Å²) >= 11 is 0. The minimum Gasteiger partial charge on any atom is -0.348 e. The molecule has 20 heavy (non-hydrogen) atoms. The summed E-state index contributed by atoms with van der Waals surface area (Å²) in [6.07, 6.45) is 4.56. The van der Waals surface area contributed by atoms with E-state index in [2.05, 4.69) is 10.2 Å². The molecule has 3 N–H and O–H groups in total. The second-order valence-corrected chi connectivity index (χ2v) is 5.92. The van der Waals surface area contributed by atoms with E-state index < -0.39 is 0 Å². The zero-order chi connectivity index (χ0) is 13.9. The second kappa shape index (κ2) is 5.94. The van der Waals surface area contributed by atoms with Crippen molar-refractivity contribution in [3.8, 4) is 0 Å². The van der Waals surface area contributed by atoms with Crippen molar-refractivity contribution in [2.75, 3.05) is 19.6 Å². The highest BCUT2D eigenvalue weighted by molar-refractivity contribution is 5.94. The molecule has 1 unspecified atom stereocenters. The van der Waals surface area contributed by atoms with Crippen molar-refractivity contribution in [3.63, 3.8) is 0 Å². The van der Waals surface area contributed by atoms with Gasteiger partial charge in [-0.05, 0) is 49.9 Å². The summed E-state index contributed by atoms with van der Waals surface area (Å²) in [5.74, 6) is 0.0477. The zero-order valence-electron chi connectivity index (χ0n) is 11.8. The van der Waals surface area contributed by atoms with Gasteiger partial charge in [0.1, 0.15) is 0 Å². The molecule has 4 nitrogen and oxygen atoms in total. The van der Waals surface area contributed by atoms with Crippen LogP contribution in [0.3, 0.4) is 0 Å². The number of hydrogen-bond donors (Lipinski definition) is 2. The maximum absolute atomic E-state index is 12.3. The minimum absolute atomic E-state index is 0.0477. The van der Waals surface area contributed by atoms with Crippen LogP contribution in [0.25, 0.3) is 0 Å². The molecule has 0 aromatic heterocycles. The molecule has 2 aliphatic rings. The van der Waals surface area contributed by atoms with Crippen LogP contribution in [0.5, 0.6) is 0 Å². The average Bonchev–Trinajstić information content (AvgIpc) is 3.20. The van der Waals surface area contributed by atoms with E-state index in [1.807, 2.05) is 24.3 Å². The van der Waals surface area contributed by atoms with Gasteiger partial charge in [-0.3, -0.25) is 9.69 Å². The first-order valence-electron chi connectivity index (χ1n) is 7.60. The quantitative estimate of drug-likeness (QED) is 0.846. The van der Waals surface area contributed by atoms with Crippen molar-refractivity contribution >= 4 is 5.91 Å². The summed E-state index contributed by atoms with van der Waals surface area (Å²) in [6, 6.07) is 8.89. The Kier molecular flexibility index (Phi) is 4.03. The Labute approximate surface area is 120 Å². The SMILES string of the molecule is NCCc1cccc(C(=O)NC2CCN(C3CC3)C2)c1. The van der Waals surface area contributed by atoms with Gasteiger partial charge < -0.3 is 11.1 Å². The van der Waals surface area contributed by atoms with Gasteiger partial charge in [0.05, 0.1) is 0 Å². The number of likely N-dealkylation sites (tertiary alicyclic amines) is 1. The maximum Gasteiger partial charge on any atom is 0.251 e. The summed E-state index contributed by atoms with van der Waals surface area (Å²) in [5.41, 5.74) is 7.44. The van der Waals surface area contributed by atoms with Gasteiger partial charge in [-0.1, -0.05) is 12.1 Å². The van der Waals surface area contributed by atoms with E-state index in [1.54, 1.807) is 0 Å². The predicted octanol–water partition coefficient (Wildman–Crippen LogP) is 1.15. The highest BCUT2D eigenvalue weighted by Crippen LogP contribution is 2.29. The molecule has 1 aromatic carbocycles. The van der Waals surface area contributed by atoms with E-state index >= 15 is 0 Å². The third-order valence-corrected chi connectivity index (χ3v) is 4.24. The van der Waals surface area contributed by atoms with Gasteiger partial charge in [0.2, 0.25) is 0 Å². The Morgan fingerprint density at radius 1 is 1.35 bits per heavy atom. The molecule has 2 fully saturated rings. The molecule has 0 radical (unpaired) electrons. The number of carbonyl (C=O) groups excluding carboxylic acids is 1. The molecule has 1 aliphatic carbocycles. The van der Waals surface area contributed by atoms with Gasteiger partial charge >= 0.3 is 0 Å². The lowest BCUT2D eigenvalue weighted by atomic mass is 10.1. The summed E-state index contributed by atoms with van der Waals surface area (Å²) in [4.78, 5) is 14.8. The van der Waals surface area contributed by atoms with Crippen molar-refractivity contribution in [3.05, 3.63) is 35.4 Å². The largest absolute Gasteiger partial charge is 0.348 e. The van der Waals surface area contributed by atoms with Crippen LogP contribution in [0.4, 0.5) is 0 Å². The highest BCUT2D eigenvalue weighted by Gasteiger charge is 2.34. The van der Waals surface area contributed by atoms with E-state index in [0.717, 1.165) is 43.1 Å². The molecular weight excluding hydrogens is 250 g/mol. The number of nitrogens with one attached hydrogen (secondary N) is 1. The molecule has 1 amide bonds. The third kappa shape index (κ3) is 3.19. The summed E-state index contributed by atoms with van der Waals surface area (Å²) < 4.78 is 0. The van der Waals surface area contributed by atoms with Gasteiger partial charge in [0.15, 0.2) is 0 Å². The summed E-state index contributed by atoms with van der Waals surface area (Å²) in [5, 5.41) is 3.17. The van der Waals surface area contributed by atoms with Gasteiger partial charge in [-0.25, -0.2) is 0 Å². The lowest BCUT2D eigenvalue weighted by molar-refractivity contribution is 0.0937. The monoisotopic (exact) mass is 273 g/mol. The van der Waals surface area contributed by atoms with Crippen LogP contribution in [0.1, 0.15) is 35.2 Å². The Hall–Kier alpha value is -1.39. The van der Waals surface area contributed by atoms with Gasteiger partial charge in [-0.15, -0.1) is 0 Å². The minimum atomic E-state index is 0.0477. The maximum atomic E-state index is 12.3. The van der Waals surface area contributed by atoms with E-state index in [4.69, 9.17) is 5.73 Å². The zero-order valence-corrected chi connectivity index (χ0v) is 11.8. The second-order valence-electron chi connectivity index (χ2n) is 5.92. The van der Waals surface area contributed by atoms with Crippen molar-refractivity contribution in [1.82, 2.24) is 10.2 Å². The third-order valence-electron chi connectivity index (χ3n) is 4.24. The molecular formula is C16H23N3O. The van der Waals surface area contributed by atoms with Crippen LogP contribution in [-0.4, -0.2) is 42.5 Å². The number of carbonyl (C=O) groups is 1. The first kappa shape index (κ1) is 13.6. The molecule has 1 saturated heterocycles. The van der Waals surface area contributed by atoms with Crippen LogP contribution in [0, 0.1) is 0 Å². The first-order chi connectivity index (χ1) is 9.76. The number of nitrogens with zero attached hydrogens (tertiary/aromatic N) is 1. The van der Waals surface area contributed by atoms with E-state index in [9.17, 15) is 4.79 Å². The lowest BCUT2D eigenvalue weighted by Gasteiger charge is -2.16. The Balaban J connectivity index is 1.57. The number of nitrogens with two attached hydrogens (primary N) is 1. The molecule has 0 spiro atoms. The fraction of sp³-hybridized carbons (Fsp3) is 0.562. The van der Waals surface area contributed by atoms with Gasteiger partial charge in [0, 0.05) is 30.7 Å². The molecule has 1 aliphatic heterocycles. The number of hydrogen-bond acceptors (Lipinski definition) is 3. The molecule has 1 heterocycles. The van der Waals surface area contributed by atoms with Crippen LogP contribution >= 0.6 is 0 Å². The van der Waals surface area contributed by atoms with E-state index in [-0.39, 0.29) is 5.91 Å². The topological polar surface area (TPSA) is 58.4 Å². The number of amides is 1. The standard InChI is InChI=1S/C16H23N3O/c17-8-6-12-2-1-3-13(10-12)16(20)18-14-7-9-19(11-14)15-4-5-15/h1-3,10,14-15H,4-9,11,17H2,(H,18,20). The van der Waals surface area contributed by atoms with Crippen LogP contribution in [0.2, 0.25) is 0 Å². The van der Waals surface area contributed by atoms with Crippen LogP contribution in [0.15, 0.2) is 24.3 Å². The Bertz CT molecular complexity index is 484. The van der Waals surface area contributed by atoms with Crippen molar-refractivity contribution < 1.29 is 4.79 Å². The van der Waals surface area contributed by atoms with E-state index in [1.165, 1.54) is 12.8 Å². The summed E-state index contributed by atoms with van der Waals surface area (Å²) in [6.45, 7) is 2.76. The van der Waals surface area contributed by atoms with Gasteiger partial charge in [0.25, 0.3) is 5.91 Å². The normalized spacial score (nSPS) is 22.9. The smallest absolute Gasteiger partial charge is 0.251 e. The molecule has 1 aromatic rings. The lowest BCUT2D eigenvalue weighted by Crippen LogP contribution is -2.37. The molecule has 4 heteroatoms. The van der Waals surface area contributed by atoms with Gasteiger partial charge in [-0.2, -0.15) is 0 Å². The fourth-order valence-electron chi connectivity index (χ4n) is 2.98. The van der Waals surface area contributed by atoms with E-state index in [0.29, 0.717) is 12.6 Å². The molecule has 108 valence electrons. The predicted molar refractivity (Wildman–Crippen MR) is 79.7 cm³/mol. The first-order valence-corrected chi connectivity index (χ1v) is 7.60. The Morgan fingerprint density at radius 3 is 2.95 bits per heavy atom. The highest BCUT2D eigenvalue weighted by atomic mass is 16.1. The van der Waals surface area contributed by atoms with Crippen molar-refractivity contribution in [2.24, 2.45) is 5.73 Å². The molecule has 3 rings (SSSR count). The van der Waals surface area contributed by atoms with Crippen LogP contribution < -0.4 is 11.1 Å². The summed E-state index contributed by atoms with van der Waals surface area (Å²) in [7, 11) is 0. The van der Waals surface area contributed by atoms with Crippen molar-refractivity contribution in [2.45, 2.75) is 37.8 Å². The molecule has 1 saturated carbocycles. The fourth-order valence-corrected chi connectivity index (χ4v) is 2.98. The Morgan fingerprint density at radius 2 is 2.20 bits per heavy atom. The van der Waals surface area contributed by atoms with Crippen molar-refractivity contribution in [1.29, 1.82) is 0 Å². The number of rotatable bonds is 5. The molecule has 1 atom stereocenters. The number of benzene rings is 1. The average molecular weight is 273 g/mol. The van der Waals surface area contributed by atoms with Crippen LogP contribution in [-0.2, 0) is 6.42 Å².